The number of aromatic nitrogens is 2. The highest BCUT2D eigenvalue weighted by molar-refractivity contribution is 6.70. The Hall–Kier alpha value is -6.50. The zero-order valence-electron chi connectivity index (χ0n) is 33.4. The van der Waals surface area contributed by atoms with E-state index in [-0.39, 0.29) is 29.2 Å². The Bertz CT molecular complexity index is 2570. The van der Waals surface area contributed by atoms with Gasteiger partial charge < -0.3 is 21.7 Å². The summed E-state index contributed by atoms with van der Waals surface area (Å²) in [4.78, 5) is 79.8. The van der Waals surface area contributed by atoms with Crippen LogP contribution in [0.15, 0.2) is 109 Å². The van der Waals surface area contributed by atoms with Gasteiger partial charge in [0.2, 0.25) is 0 Å². The van der Waals surface area contributed by atoms with Crippen LogP contribution in [-0.4, -0.2) is 57.0 Å². The number of nitrogens with one attached hydrogen (secondary N) is 3. The molecule has 2 fully saturated rings. The van der Waals surface area contributed by atoms with E-state index in [0.717, 1.165) is 24.8 Å². The van der Waals surface area contributed by atoms with E-state index in [1.807, 2.05) is 24.3 Å². The lowest BCUT2D eigenvalue weighted by molar-refractivity contribution is 0.0927. The fourth-order valence-corrected chi connectivity index (χ4v) is 7.30. The number of carbonyl (C=O) groups excluding carboxylic acids is 6. The summed E-state index contributed by atoms with van der Waals surface area (Å²) in [6.07, 6.45) is 10.3. The van der Waals surface area contributed by atoms with Crippen molar-refractivity contribution in [3.63, 3.8) is 0 Å². The first-order valence-corrected chi connectivity index (χ1v) is 20.7. The molecule has 61 heavy (non-hydrogen) atoms. The first-order chi connectivity index (χ1) is 29.4. The van der Waals surface area contributed by atoms with Crippen molar-refractivity contribution in [1.82, 2.24) is 20.6 Å². The molecule has 12 nitrogen and oxygen atoms in total. The highest BCUT2D eigenvalue weighted by Crippen LogP contribution is 2.28. The topological polar surface area (TPSA) is 190 Å². The van der Waals surface area contributed by atoms with Gasteiger partial charge in [0.1, 0.15) is 0 Å². The van der Waals surface area contributed by atoms with Crippen molar-refractivity contribution in [1.29, 1.82) is 0 Å². The number of nitrogens with zero attached hydrogens (tertiary/aromatic N) is 2. The number of hydrogen-bond donors (Lipinski definition) is 4. The first-order valence-electron chi connectivity index (χ1n) is 19.9. The van der Waals surface area contributed by atoms with Crippen LogP contribution in [0.2, 0.25) is 0 Å². The molecule has 0 spiro atoms. The third-order valence-electron chi connectivity index (χ3n) is 10.8. The number of rotatable bonds is 11. The number of fused-ring (bicyclic) bond motifs is 2. The smallest absolute Gasteiger partial charge is 0.272 e. The lowest BCUT2D eigenvalue weighted by Crippen LogP contribution is -2.33. The molecule has 14 heteroatoms. The molecule has 8 rings (SSSR count). The minimum absolute atomic E-state index is 0.0594. The SMILES string of the molecule is CC(=O)c1ccc(C(=O)Nc2cccnc2C(=O)NCC2CCC2)c2ccccc12.Nc1cccnc1C(=O)NCC1CCC1.O=C(Cl)c1ccc(C(=O)Cl)c2ccccc12. The number of nitrogens with two attached hydrogens (primary N) is 1. The summed E-state index contributed by atoms with van der Waals surface area (Å²) in [5, 5.41) is 10.2. The number of halogens is 2. The maximum atomic E-state index is 13.1. The number of pyridine rings is 2. The van der Waals surface area contributed by atoms with Gasteiger partial charge in [0.15, 0.2) is 17.2 Å². The minimum Gasteiger partial charge on any atom is -0.397 e. The van der Waals surface area contributed by atoms with E-state index in [1.165, 1.54) is 50.9 Å². The van der Waals surface area contributed by atoms with Crippen LogP contribution in [0.4, 0.5) is 11.4 Å². The van der Waals surface area contributed by atoms with Crippen LogP contribution in [0.25, 0.3) is 21.5 Å². The zero-order chi connectivity index (χ0) is 43.5. The molecule has 2 aliphatic rings. The molecule has 3 amide bonds. The van der Waals surface area contributed by atoms with Gasteiger partial charge >= 0.3 is 0 Å². The highest BCUT2D eigenvalue weighted by atomic mass is 35.5. The molecule has 0 radical (unpaired) electrons. The van der Waals surface area contributed by atoms with Gasteiger partial charge in [-0.3, -0.25) is 28.8 Å². The molecule has 0 bridgehead atoms. The Labute approximate surface area is 362 Å². The van der Waals surface area contributed by atoms with Crippen LogP contribution in [-0.2, 0) is 0 Å². The van der Waals surface area contributed by atoms with Gasteiger partial charge in [-0.2, -0.15) is 0 Å². The number of amides is 3. The number of carbonyl (C=O) groups is 6. The largest absolute Gasteiger partial charge is 0.397 e. The van der Waals surface area contributed by atoms with Gasteiger partial charge in [0.05, 0.1) is 11.4 Å². The molecule has 2 aliphatic carbocycles. The standard InChI is InChI=1S/C24H23N3O3.C12H6Cl2O2.C11H15N3O/c1-15(28)17-11-12-20(19-9-3-2-8-18(17)19)23(29)27-21-10-5-13-25-22(21)24(30)26-14-16-6-4-7-16;13-11(15)9-5-6-10(12(14)16)8-4-2-1-3-7(8)9;12-9-5-2-6-13-10(9)11(15)14-7-8-3-1-4-8/h2-3,5,8-13,16H,4,6-7,14H2,1H3,(H,26,30)(H,27,29);1-6H;2,5-6,8H,1,3-4,7,12H2,(H,14,15). The van der Waals surface area contributed by atoms with Gasteiger partial charge in [0, 0.05) is 47.7 Å². The molecular weight excluding hydrogens is 815 g/mol. The minimum atomic E-state index is -0.551. The third-order valence-corrected chi connectivity index (χ3v) is 11.2. The third kappa shape index (κ3) is 11.0. The van der Waals surface area contributed by atoms with E-state index in [0.29, 0.717) is 73.9 Å². The second-order valence-electron chi connectivity index (χ2n) is 14.8. The van der Waals surface area contributed by atoms with Gasteiger partial charge in [-0.1, -0.05) is 61.4 Å². The molecule has 2 saturated carbocycles. The van der Waals surface area contributed by atoms with Gasteiger partial charge in [-0.15, -0.1) is 0 Å². The zero-order valence-corrected chi connectivity index (χ0v) is 34.9. The van der Waals surface area contributed by atoms with E-state index in [9.17, 15) is 28.8 Å². The van der Waals surface area contributed by atoms with Crippen molar-refractivity contribution in [2.75, 3.05) is 24.1 Å². The maximum Gasteiger partial charge on any atom is 0.272 e. The molecular formula is C47H44Cl2N6O6. The van der Waals surface area contributed by atoms with Gasteiger partial charge in [-0.25, -0.2) is 9.97 Å². The van der Waals surface area contributed by atoms with E-state index < -0.39 is 10.5 Å². The normalized spacial score (nSPS) is 13.2. The molecule has 2 aromatic heterocycles. The molecule has 0 saturated heterocycles. The summed E-state index contributed by atoms with van der Waals surface area (Å²) in [5.41, 5.74) is 8.71. The summed E-state index contributed by atoms with van der Waals surface area (Å²) in [7, 11) is 0. The number of anilines is 2. The fraction of sp³-hybridized carbons (Fsp3) is 0.234. The van der Waals surface area contributed by atoms with Crippen molar-refractivity contribution in [3.8, 4) is 0 Å². The van der Waals surface area contributed by atoms with Crippen molar-refractivity contribution < 1.29 is 28.8 Å². The summed E-state index contributed by atoms with van der Waals surface area (Å²) in [5.74, 6) is 0.300. The number of Topliss-reactive ketones (excluding diaryl/α,β-unsaturated/α-hetero) is 1. The fourth-order valence-electron chi connectivity index (χ4n) is 6.97. The Morgan fingerprint density at radius 3 is 1.44 bits per heavy atom. The monoisotopic (exact) mass is 858 g/mol. The summed E-state index contributed by atoms with van der Waals surface area (Å²) >= 11 is 10.9. The molecule has 6 aromatic rings. The molecule has 0 aliphatic heterocycles. The molecule has 2 heterocycles. The van der Waals surface area contributed by atoms with E-state index in [4.69, 9.17) is 28.9 Å². The lowest BCUT2D eigenvalue weighted by atomic mass is 9.85. The van der Waals surface area contributed by atoms with Crippen LogP contribution >= 0.6 is 23.2 Å². The molecule has 0 atom stereocenters. The lowest BCUT2D eigenvalue weighted by Gasteiger charge is -2.25. The van der Waals surface area contributed by atoms with E-state index in [1.54, 1.807) is 66.9 Å². The van der Waals surface area contributed by atoms with Crippen molar-refractivity contribution in [3.05, 3.63) is 143 Å². The Morgan fingerprint density at radius 1 is 0.557 bits per heavy atom. The van der Waals surface area contributed by atoms with E-state index in [2.05, 4.69) is 25.9 Å². The second-order valence-corrected chi connectivity index (χ2v) is 15.5. The van der Waals surface area contributed by atoms with Crippen LogP contribution in [0, 0.1) is 11.8 Å². The summed E-state index contributed by atoms with van der Waals surface area (Å²) < 4.78 is 0. The van der Waals surface area contributed by atoms with Crippen molar-refractivity contribution in [2.45, 2.75) is 45.4 Å². The molecule has 0 unspecified atom stereocenters. The second kappa shape index (κ2) is 20.7. The van der Waals surface area contributed by atoms with Gasteiger partial charge in [0.25, 0.3) is 28.2 Å². The van der Waals surface area contributed by atoms with Crippen molar-refractivity contribution in [2.24, 2.45) is 11.8 Å². The predicted molar refractivity (Wildman–Crippen MR) is 238 cm³/mol. The highest BCUT2D eigenvalue weighted by Gasteiger charge is 2.22. The number of benzene rings is 4. The van der Waals surface area contributed by atoms with Crippen LogP contribution in [0.5, 0.6) is 0 Å². The van der Waals surface area contributed by atoms with Crippen molar-refractivity contribution >= 4 is 90.1 Å². The average molecular weight is 860 g/mol. The average Bonchev–Trinajstić information content (AvgIpc) is 3.22. The number of nitrogen functional groups attached to an aromatic ring is 1. The van der Waals surface area contributed by atoms with Crippen LogP contribution in [0.3, 0.4) is 0 Å². The quantitative estimate of drug-likeness (QED) is 0.0728. The Morgan fingerprint density at radius 2 is 0.984 bits per heavy atom. The maximum absolute atomic E-state index is 13.1. The van der Waals surface area contributed by atoms with Gasteiger partial charge in [-0.05, 0) is 138 Å². The van der Waals surface area contributed by atoms with Crippen LogP contribution in [0.1, 0.15) is 108 Å². The molecule has 4 aromatic carbocycles. The number of hydrogen-bond acceptors (Lipinski definition) is 9. The van der Waals surface area contributed by atoms with Crippen LogP contribution < -0.4 is 21.7 Å². The van der Waals surface area contributed by atoms with E-state index >= 15 is 0 Å². The predicted octanol–water partition coefficient (Wildman–Crippen LogP) is 9.01. The Kier molecular flexibility index (Phi) is 14.9. The first kappa shape index (κ1) is 44.1. The molecule has 5 N–H and O–H groups in total. The summed E-state index contributed by atoms with van der Waals surface area (Å²) in [6.45, 7) is 2.88. The number of ketones is 1. The summed E-state index contributed by atoms with van der Waals surface area (Å²) in [6, 6.07) is 27.4. The molecule has 312 valence electrons. The Balaban J connectivity index is 0.000000169.